The zero-order valence-electron chi connectivity index (χ0n) is 17.1. The van der Waals surface area contributed by atoms with E-state index in [-0.39, 0.29) is 0 Å². The Balaban J connectivity index is 1.39. The van der Waals surface area contributed by atoms with E-state index >= 15 is 0 Å². The van der Waals surface area contributed by atoms with Crippen LogP contribution in [-0.4, -0.2) is 45.2 Å². The van der Waals surface area contributed by atoms with E-state index in [0.29, 0.717) is 29.8 Å². The monoisotopic (exact) mass is 454 g/mol. The number of H-pyrrole nitrogens is 1. The minimum Gasteiger partial charge on any atom is -0.378 e. The second-order valence-electron chi connectivity index (χ2n) is 8.47. The molecule has 0 saturated carbocycles. The molecule has 0 aliphatic carbocycles. The Morgan fingerprint density at radius 2 is 2.03 bits per heavy atom. The van der Waals surface area contributed by atoms with Crippen molar-refractivity contribution in [3.63, 3.8) is 0 Å². The molecule has 2 aliphatic rings. The molecule has 4 aromatic rings. The molecule has 5 heterocycles. The lowest BCUT2D eigenvalue weighted by atomic mass is 9.98. The standard InChI is InChI=1S/C22H23ClN6OS/c1-30-10-18-27-16-5-4-14(19(23)21(16)31-18)15-8-26-22-20(15)25-9-17(28-22)29-12-2-3-13(29)7-11(24)6-12/h4-5,8-9,11-13H,2-3,6-7,10,24H2,1H3,(H,26,28)/t11-,12+,13-. The van der Waals surface area contributed by atoms with Crippen LogP contribution in [0.15, 0.2) is 24.5 Å². The smallest absolute Gasteiger partial charge is 0.159 e. The molecule has 160 valence electrons. The molecule has 0 radical (unpaired) electrons. The van der Waals surface area contributed by atoms with Gasteiger partial charge in [0.05, 0.1) is 28.0 Å². The minimum atomic E-state index is 0.302. The number of benzene rings is 1. The first kappa shape index (κ1) is 19.4. The highest BCUT2D eigenvalue weighted by atomic mass is 35.5. The van der Waals surface area contributed by atoms with Gasteiger partial charge in [0.2, 0.25) is 0 Å². The van der Waals surface area contributed by atoms with Crippen LogP contribution in [0.1, 0.15) is 30.7 Å². The largest absolute Gasteiger partial charge is 0.378 e. The molecule has 0 spiro atoms. The van der Waals surface area contributed by atoms with Gasteiger partial charge in [-0.3, -0.25) is 0 Å². The van der Waals surface area contributed by atoms with Crippen molar-refractivity contribution in [1.29, 1.82) is 0 Å². The first-order valence-corrected chi connectivity index (χ1v) is 11.8. The summed E-state index contributed by atoms with van der Waals surface area (Å²) in [7, 11) is 1.67. The van der Waals surface area contributed by atoms with E-state index in [2.05, 4.69) is 14.9 Å². The van der Waals surface area contributed by atoms with Gasteiger partial charge >= 0.3 is 0 Å². The van der Waals surface area contributed by atoms with E-state index in [1.54, 1.807) is 18.4 Å². The Morgan fingerprint density at radius 3 is 2.81 bits per heavy atom. The van der Waals surface area contributed by atoms with Gasteiger partial charge in [0.25, 0.3) is 0 Å². The molecule has 3 aromatic heterocycles. The number of hydrogen-bond acceptors (Lipinski definition) is 7. The maximum absolute atomic E-state index is 6.81. The van der Waals surface area contributed by atoms with Crippen molar-refractivity contribution in [3.05, 3.63) is 34.6 Å². The van der Waals surface area contributed by atoms with Gasteiger partial charge in [-0.05, 0) is 31.7 Å². The summed E-state index contributed by atoms with van der Waals surface area (Å²) in [5, 5.41) is 1.60. The molecule has 2 aliphatic heterocycles. The van der Waals surface area contributed by atoms with E-state index in [4.69, 9.17) is 32.0 Å². The quantitative estimate of drug-likeness (QED) is 0.471. The van der Waals surface area contributed by atoms with Crippen molar-refractivity contribution in [2.75, 3.05) is 12.0 Å². The van der Waals surface area contributed by atoms with Crippen LogP contribution in [0.25, 0.3) is 32.5 Å². The number of nitrogens with zero attached hydrogens (tertiary/aromatic N) is 4. The summed E-state index contributed by atoms with van der Waals surface area (Å²) in [6.07, 6.45) is 8.27. The third-order valence-corrected chi connectivity index (χ3v) is 8.07. The van der Waals surface area contributed by atoms with Crippen LogP contribution in [-0.2, 0) is 11.3 Å². The summed E-state index contributed by atoms with van der Waals surface area (Å²) >= 11 is 8.37. The highest BCUT2D eigenvalue weighted by Crippen LogP contribution is 2.41. The van der Waals surface area contributed by atoms with Gasteiger partial charge in [0.15, 0.2) is 5.65 Å². The summed E-state index contributed by atoms with van der Waals surface area (Å²) in [6, 6.07) is 5.25. The highest BCUT2D eigenvalue weighted by molar-refractivity contribution is 7.19. The zero-order valence-corrected chi connectivity index (χ0v) is 18.7. The van der Waals surface area contributed by atoms with Crippen LogP contribution in [0.2, 0.25) is 5.02 Å². The fourth-order valence-corrected chi connectivity index (χ4v) is 6.56. The Bertz CT molecular complexity index is 1270. The molecule has 3 atom stereocenters. The maximum Gasteiger partial charge on any atom is 0.159 e. The molecule has 2 bridgehead atoms. The van der Waals surface area contributed by atoms with Gasteiger partial charge in [-0.25, -0.2) is 15.0 Å². The lowest BCUT2D eigenvalue weighted by Crippen LogP contribution is -2.47. The normalized spacial score (nSPS) is 23.3. The van der Waals surface area contributed by atoms with Crippen LogP contribution >= 0.6 is 22.9 Å². The topological polar surface area (TPSA) is 93.0 Å². The molecule has 7 nitrogen and oxygen atoms in total. The second kappa shape index (κ2) is 7.41. The number of ether oxygens (including phenoxy) is 1. The Kier molecular flexibility index (Phi) is 4.64. The zero-order chi connectivity index (χ0) is 21.1. The number of aromatic amines is 1. The van der Waals surface area contributed by atoms with Crippen LogP contribution in [0, 0.1) is 0 Å². The van der Waals surface area contributed by atoms with E-state index in [9.17, 15) is 0 Å². The van der Waals surface area contributed by atoms with Crippen LogP contribution in [0.3, 0.4) is 0 Å². The Hall–Kier alpha value is -2.26. The predicted molar refractivity (Wildman–Crippen MR) is 125 cm³/mol. The first-order chi connectivity index (χ1) is 15.1. The van der Waals surface area contributed by atoms with Gasteiger partial charge in [0.1, 0.15) is 16.3 Å². The van der Waals surface area contributed by atoms with E-state index < -0.39 is 0 Å². The lowest BCUT2D eigenvalue weighted by molar-refractivity contribution is 0.185. The number of nitrogens with two attached hydrogens (primary N) is 1. The molecular weight excluding hydrogens is 432 g/mol. The van der Waals surface area contributed by atoms with Gasteiger partial charge in [0, 0.05) is 42.6 Å². The first-order valence-electron chi connectivity index (χ1n) is 10.6. The Morgan fingerprint density at radius 1 is 1.23 bits per heavy atom. The van der Waals surface area contributed by atoms with Gasteiger partial charge in [-0.2, -0.15) is 0 Å². The van der Waals surface area contributed by atoms with E-state index in [0.717, 1.165) is 56.2 Å². The number of hydrogen-bond donors (Lipinski definition) is 2. The summed E-state index contributed by atoms with van der Waals surface area (Å²) in [4.78, 5) is 20.1. The number of halogens is 1. The number of aromatic nitrogens is 4. The number of nitrogens with one attached hydrogen (secondary N) is 1. The fraction of sp³-hybridized carbons (Fsp3) is 0.409. The van der Waals surface area contributed by atoms with Crippen LogP contribution in [0.5, 0.6) is 0 Å². The number of fused-ring (bicyclic) bond motifs is 4. The molecule has 3 N–H and O–H groups in total. The summed E-state index contributed by atoms with van der Waals surface area (Å²) in [5.41, 5.74) is 10.6. The summed E-state index contributed by atoms with van der Waals surface area (Å²) < 4.78 is 6.18. The molecule has 0 unspecified atom stereocenters. The molecule has 6 rings (SSSR count). The third-order valence-electron chi connectivity index (χ3n) is 6.50. The van der Waals surface area contributed by atoms with Crippen LogP contribution in [0.4, 0.5) is 5.82 Å². The van der Waals surface area contributed by atoms with Crippen LogP contribution < -0.4 is 10.6 Å². The SMILES string of the molecule is COCc1nc2ccc(-c3c[nH]c4nc(N5[C@@H]6CC[C@H]5C[C@@H](N)C6)cnc34)c(Cl)c2s1. The number of methoxy groups -OCH3 is 1. The maximum atomic E-state index is 6.81. The van der Waals surface area contributed by atoms with Crippen molar-refractivity contribution in [2.24, 2.45) is 5.73 Å². The van der Waals surface area contributed by atoms with E-state index in [1.165, 1.54) is 12.8 Å². The summed E-state index contributed by atoms with van der Waals surface area (Å²) in [6.45, 7) is 0.482. The molecule has 1 aromatic carbocycles. The fourth-order valence-electron chi connectivity index (χ4n) is 5.21. The van der Waals surface area contributed by atoms with Crippen molar-refractivity contribution >= 4 is 50.1 Å². The van der Waals surface area contributed by atoms with Crippen molar-refractivity contribution in [2.45, 2.75) is 50.4 Å². The van der Waals surface area contributed by atoms with Gasteiger partial charge in [-0.15, -0.1) is 11.3 Å². The Labute approximate surface area is 188 Å². The average molecular weight is 455 g/mol. The van der Waals surface area contributed by atoms with Gasteiger partial charge < -0.3 is 20.4 Å². The average Bonchev–Trinajstić information content (AvgIpc) is 3.43. The number of rotatable bonds is 4. The lowest BCUT2D eigenvalue weighted by Gasteiger charge is -2.38. The third kappa shape index (κ3) is 3.12. The van der Waals surface area contributed by atoms with Crippen molar-refractivity contribution in [1.82, 2.24) is 19.9 Å². The molecule has 0 amide bonds. The number of anilines is 1. The molecular formula is C22H23ClN6OS. The molecule has 31 heavy (non-hydrogen) atoms. The summed E-state index contributed by atoms with van der Waals surface area (Å²) in [5.74, 6) is 0.938. The predicted octanol–water partition coefficient (Wildman–Crippen LogP) is 4.49. The molecule has 9 heteroatoms. The van der Waals surface area contributed by atoms with Crippen molar-refractivity contribution in [3.8, 4) is 11.1 Å². The van der Waals surface area contributed by atoms with Crippen molar-refractivity contribution < 1.29 is 4.74 Å². The van der Waals surface area contributed by atoms with E-state index in [1.807, 2.05) is 24.5 Å². The second-order valence-corrected chi connectivity index (χ2v) is 9.93. The molecule has 2 saturated heterocycles. The highest BCUT2D eigenvalue weighted by Gasteiger charge is 2.40. The minimum absolute atomic E-state index is 0.302. The van der Waals surface area contributed by atoms with Gasteiger partial charge in [-0.1, -0.05) is 17.7 Å². The number of piperidine rings is 1. The molecule has 2 fully saturated rings. The number of thiazole rings is 1.